The zero-order valence-corrected chi connectivity index (χ0v) is 11.7. The molecule has 1 unspecified atom stereocenters. The van der Waals surface area contributed by atoms with Crippen LogP contribution >= 0.6 is 0 Å². The van der Waals surface area contributed by atoms with Gasteiger partial charge < -0.3 is 15.4 Å². The summed E-state index contributed by atoms with van der Waals surface area (Å²) in [5, 5.41) is 6.03. The Kier molecular flexibility index (Phi) is 3.94. The average molecular weight is 287 g/mol. The summed E-state index contributed by atoms with van der Waals surface area (Å²) in [6, 6.07) is 3.27. The highest BCUT2D eigenvalue weighted by molar-refractivity contribution is 5.96. The second-order valence-electron chi connectivity index (χ2n) is 4.79. The number of morpholine rings is 1. The summed E-state index contributed by atoms with van der Waals surface area (Å²) in [6.07, 6.45) is 5.20. The molecule has 2 aromatic rings. The smallest absolute Gasteiger partial charge is 0.244 e. The molecule has 21 heavy (non-hydrogen) atoms. The Morgan fingerprint density at radius 2 is 2.38 bits per heavy atom. The molecule has 0 saturated carbocycles. The lowest BCUT2D eigenvalue weighted by molar-refractivity contribution is -0.120. The molecule has 7 heteroatoms. The Morgan fingerprint density at radius 1 is 1.48 bits per heavy atom. The molecule has 1 saturated heterocycles. The molecule has 0 spiro atoms. The highest BCUT2D eigenvalue weighted by Crippen LogP contribution is 2.18. The number of hydrogen-bond acceptors (Lipinski definition) is 5. The van der Waals surface area contributed by atoms with E-state index in [0.29, 0.717) is 31.3 Å². The molecule has 0 aliphatic carbocycles. The van der Waals surface area contributed by atoms with Gasteiger partial charge in [0.05, 0.1) is 18.9 Å². The van der Waals surface area contributed by atoms with Gasteiger partial charge in [0.15, 0.2) is 5.82 Å². The first-order valence-corrected chi connectivity index (χ1v) is 6.83. The van der Waals surface area contributed by atoms with E-state index in [-0.39, 0.29) is 11.9 Å². The summed E-state index contributed by atoms with van der Waals surface area (Å²) < 4.78 is 7.14. The second kappa shape index (κ2) is 6.02. The molecule has 7 nitrogen and oxygen atoms in total. The van der Waals surface area contributed by atoms with Gasteiger partial charge >= 0.3 is 0 Å². The van der Waals surface area contributed by atoms with Crippen molar-refractivity contribution in [3.05, 3.63) is 36.5 Å². The van der Waals surface area contributed by atoms with Crippen LogP contribution in [0.5, 0.6) is 0 Å². The van der Waals surface area contributed by atoms with Crippen molar-refractivity contribution in [2.75, 3.05) is 25.1 Å². The van der Waals surface area contributed by atoms with E-state index in [0.717, 1.165) is 5.82 Å². The molecule has 3 heterocycles. The minimum atomic E-state index is -0.337. The van der Waals surface area contributed by atoms with Crippen LogP contribution in [0.15, 0.2) is 30.7 Å². The molecular weight excluding hydrogens is 270 g/mol. The molecule has 1 aliphatic heterocycles. The maximum atomic E-state index is 12.3. The Hall–Kier alpha value is -2.25. The fraction of sp³-hybridized carbons (Fsp3) is 0.357. The monoisotopic (exact) mass is 287 g/mol. The zero-order chi connectivity index (χ0) is 14.7. The van der Waals surface area contributed by atoms with Crippen LogP contribution in [-0.2, 0) is 9.53 Å². The van der Waals surface area contributed by atoms with E-state index in [1.165, 1.54) is 0 Å². The van der Waals surface area contributed by atoms with Crippen LogP contribution in [0.4, 0.5) is 5.69 Å². The van der Waals surface area contributed by atoms with E-state index >= 15 is 0 Å². The molecular formula is C14H17N5O2. The van der Waals surface area contributed by atoms with Crippen molar-refractivity contribution in [1.82, 2.24) is 19.9 Å². The van der Waals surface area contributed by atoms with Gasteiger partial charge in [-0.15, -0.1) is 0 Å². The first kappa shape index (κ1) is 13.7. The predicted octanol–water partition coefficient (Wildman–Crippen LogP) is 0.503. The van der Waals surface area contributed by atoms with Crippen LogP contribution in [0.25, 0.3) is 5.82 Å². The molecule has 1 fully saturated rings. The van der Waals surface area contributed by atoms with Crippen LogP contribution in [-0.4, -0.2) is 46.2 Å². The van der Waals surface area contributed by atoms with Gasteiger partial charge in [-0.2, -0.15) is 0 Å². The lowest BCUT2D eigenvalue weighted by Crippen LogP contribution is -2.48. The number of carbonyl (C=O) groups is 1. The van der Waals surface area contributed by atoms with E-state index in [1.54, 1.807) is 18.5 Å². The van der Waals surface area contributed by atoms with Gasteiger partial charge in [-0.05, 0) is 19.1 Å². The number of aryl methyl sites for hydroxylation is 1. The number of nitrogens with zero attached hydrogens (tertiary/aromatic N) is 3. The fourth-order valence-electron chi connectivity index (χ4n) is 2.24. The molecule has 1 aliphatic rings. The lowest BCUT2D eigenvalue weighted by atomic mass is 10.2. The summed E-state index contributed by atoms with van der Waals surface area (Å²) >= 11 is 0. The minimum absolute atomic E-state index is 0.123. The number of aromatic nitrogens is 3. The molecule has 3 rings (SSSR count). The summed E-state index contributed by atoms with van der Waals surface area (Å²) in [5.74, 6) is 1.34. The van der Waals surface area contributed by atoms with Gasteiger partial charge in [0, 0.05) is 25.1 Å². The maximum Gasteiger partial charge on any atom is 0.244 e. The van der Waals surface area contributed by atoms with Gasteiger partial charge in [0.2, 0.25) is 5.91 Å². The molecule has 1 amide bonds. The second-order valence-corrected chi connectivity index (χ2v) is 4.79. The third-order valence-corrected chi connectivity index (χ3v) is 3.34. The van der Waals surface area contributed by atoms with Gasteiger partial charge in [-0.1, -0.05) is 0 Å². The Morgan fingerprint density at radius 3 is 3.10 bits per heavy atom. The number of pyridine rings is 1. The maximum absolute atomic E-state index is 12.3. The van der Waals surface area contributed by atoms with Gasteiger partial charge in [0.25, 0.3) is 0 Å². The molecule has 2 N–H and O–H groups in total. The summed E-state index contributed by atoms with van der Waals surface area (Å²) in [5.41, 5.74) is 0.649. The van der Waals surface area contributed by atoms with Gasteiger partial charge in [-0.3, -0.25) is 9.36 Å². The quantitative estimate of drug-likeness (QED) is 0.859. The van der Waals surface area contributed by atoms with E-state index in [9.17, 15) is 4.79 Å². The largest absolute Gasteiger partial charge is 0.378 e. The van der Waals surface area contributed by atoms with Gasteiger partial charge in [0.1, 0.15) is 11.9 Å². The zero-order valence-electron chi connectivity index (χ0n) is 11.7. The van der Waals surface area contributed by atoms with Crippen molar-refractivity contribution in [2.45, 2.75) is 13.0 Å². The lowest BCUT2D eigenvalue weighted by Gasteiger charge is -2.23. The third kappa shape index (κ3) is 2.93. The molecule has 0 aromatic carbocycles. The number of anilines is 1. The van der Waals surface area contributed by atoms with Crippen LogP contribution in [0, 0.1) is 6.92 Å². The topological polar surface area (TPSA) is 81.1 Å². The van der Waals surface area contributed by atoms with Crippen molar-refractivity contribution in [1.29, 1.82) is 0 Å². The van der Waals surface area contributed by atoms with Crippen molar-refractivity contribution in [3.8, 4) is 5.82 Å². The SMILES string of the molecule is Cc1nccn1-c1ncccc1NC(=O)C1COCCN1. The van der Waals surface area contributed by atoms with E-state index in [2.05, 4.69) is 20.6 Å². The molecule has 2 aromatic heterocycles. The van der Waals surface area contributed by atoms with E-state index in [4.69, 9.17) is 4.74 Å². The Labute approximate surface area is 122 Å². The summed E-state index contributed by atoms with van der Waals surface area (Å²) in [6.45, 7) is 3.58. The highest BCUT2D eigenvalue weighted by Gasteiger charge is 2.22. The minimum Gasteiger partial charge on any atom is -0.378 e. The van der Waals surface area contributed by atoms with Crippen molar-refractivity contribution < 1.29 is 9.53 Å². The number of rotatable bonds is 3. The standard InChI is InChI=1S/C14H17N5O2/c1-10-15-5-7-19(10)13-11(3-2-4-17-13)18-14(20)12-9-21-8-6-16-12/h2-5,7,12,16H,6,8-9H2,1H3,(H,18,20). The summed E-state index contributed by atoms with van der Waals surface area (Å²) in [7, 11) is 0. The first-order chi connectivity index (χ1) is 10.3. The molecule has 110 valence electrons. The number of nitrogens with one attached hydrogen (secondary N) is 2. The number of ether oxygens (including phenoxy) is 1. The Balaban J connectivity index is 1.82. The number of carbonyl (C=O) groups excluding carboxylic acids is 1. The Bertz CT molecular complexity index is 634. The van der Waals surface area contributed by atoms with Crippen LogP contribution < -0.4 is 10.6 Å². The van der Waals surface area contributed by atoms with Gasteiger partial charge in [-0.25, -0.2) is 9.97 Å². The average Bonchev–Trinajstić information content (AvgIpc) is 2.95. The third-order valence-electron chi connectivity index (χ3n) is 3.34. The van der Waals surface area contributed by atoms with Crippen molar-refractivity contribution >= 4 is 11.6 Å². The molecule has 0 radical (unpaired) electrons. The van der Waals surface area contributed by atoms with Crippen LogP contribution in [0.2, 0.25) is 0 Å². The van der Waals surface area contributed by atoms with E-state index < -0.39 is 0 Å². The van der Waals surface area contributed by atoms with Crippen molar-refractivity contribution in [3.63, 3.8) is 0 Å². The summed E-state index contributed by atoms with van der Waals surface area (Å²) in [4.78, 5) is 20.8. The number of hydrogen-bond donors (Lipinski definition) is 2. The fourth-order valence-corrected chi connectivity index (χ4v) is 2.24. The molecule has 1 atom stereocenters. The van der Waals surface area contributed by atoms with Crippen LogP contribution in [0.3, 0.4) is 0 Å². The number of imidazole rings is 1. The van der Waals surface area contributed by atoms with Crippen molar-refractivity contribution in [2.24, 2.45) is 0 Å². The van der Waals surface area contributed by atoms with E-state index in [1.807, 2.05) is 23.8 Å². The normalized spacial score (nSPS) is 18.4. The molecule has 0 bridgehead atoms. The first-order valence-electron chi connectivity index (χ1n) is 6.83. The van der Waals surface area contributed by atoms with Crippen LogP contribution in [0.1, 0.15) is 5.82 Å². The predicted molar refractivity (Wildman–Crippen MR) is 77.3 cm³/mol. The number of amides is 1. The highest BCUT2D eigenvalue weighted by atomic mass is 16.5.